The molecule has 0 spiro atoms. The Kier molecular flexibility index (Phi) is 4.38. The maximum atomic E-state index is 13.0. The summed E-state index contributed by atoms with van der Waals surface area (Å²) in [5, 5.41) is 0. The first-order chi connectivity index (χ1) is 11.9. The molecule has 130 valence electrons. The van der Waals surface area contributed by atoms with E-state index in [1.54, 1.807) is 38.0 Å². The molecule has 1 aliphatic rings. The van der Waals surface area contributed by atoms with Gasteiger partial charge in [0.25, 0.3) is 0 Å². The van der Waals surface area contributed by atoms with Gasteiger partial charge in [0, 0.05) is 33.6 Å². The van der Waals surface area contributed by atoms with Gasteiger partial charge in [-0.05, 0) is 11.1 Å². The van der Waals surface area contributed by atoms with Gasteiger partial charge >= 0.3 is 0 Å². The summed E-state index contributed by atoms with van der Waals surface area (Å²) in [6.45, 7) is 0. The molecule has 0 aromatic heterocycles. The van der Waals surface area contributed by atoms with E-state index >= 15 is 0 Å². The lowest BCUT2D eigenvalue weighted by Crippen LogP contribution is -2.28. The second kappa shape index (κ2) is 6.36. The number of carbonyl (C=O) groups excluding carboxylic acids is 2. The Morgan fingerprint density at radius 1 is 0.680 bits per heavy atom. The van der Waals surface area contributed by atoms with E-state index in [4.69, 9.17) is 0 Å². The molecular weight excluding hydrogens is 312 g/mol. The molecule has 2 amide bonds. The van der Waals surface area contributed by atoms with E-state index in [-0.39, 0.29) is 23.7 Å². The van der Waals surface area contributed by atoms with Crippen LogP contribution >= 0.6 is 0 Å². The number of benzene rings is 2. The number of carbonyl (C=O) groups is 2. The number of amides is 2. The van der Waals surface area contributed by atoms with E-state index in [1.807, 2.05) is 60.7 Å². The zero-order chi connectivity index (χ0) is 18.2. The standard InChI is InChI=1S/C21H24N2O2/c1-22(2)19(24)17-18(20(25)23(3)4)21(17,15-11-7-5-8-12-15)16-13-9-6-10-14-16/h5-14,17-18H,1-4H3/t17-,18+. The van der Waals surface area contributed by atoms with Crippen molar-refractivity contribution in [2.24, 2.45) is 11.8 Å². The first-order valence-corrected chi connectivity index (χ1v) is 8.45. The maximum absolute atomic E-state index is 13.0. The molecule has 4 nitrogen and oxygen atoms in total. The average molecular weight is 336 g/mol. The summed E-state index contributed by atoms with van der Waals surface area (Å²) in [4.78, 5) is 29.1. The number of rotatable bonds is 4. The smallest absolute Gasteiger partial charge is 0.227 e. The normalized spacial score (nSPS) is 20.6. The van der Waals surface area contributed by atoms with Crippen LogP contribution < -0.4 is 0 Å². The molecule has 2 atom stereocenters. The molecule has 0 unspecified atom stereocenters. The molecule has 4 heteroatoms. The molecule has 0 radical (unpaired) electrons. The van der Waals surface area contributed by atoms with Crippen molar-refractivity contribution in [3.63, 3.8) is 0 Å². The molecule has 2 aromatic rings. The van der Waals surface area contributed by atoms with Crippen molar-refractivity contribution in [2.45, 2.75) is 5.41 Å². The maximum Gasteiger partial charge on any atom is 0.227 e. The second-order valence-electron chi connectivity index (χ2n) is 7.02. The van der Waals surface area contributed by atoms with Crippen molar-refractivity contribution in [2.75, 3.05) is 28.2 Å². The van der Waals surface area contributed by atoms with Crippen LogP contribution in [0.15, 0.2) is 60.7 Å². The van der Waals surface area contributed by atoms with Crippen molar-refractivity contribution < 1.29 is 9.59 Å². The number of hydrogen-bond acceptors (Lipinski definition) is 2. The average Bonchev–Trinajstić information content (AvgIpc) is 3.32. The van der Waals surface area contributed by atoms with Crippen molar-refractivity contribution in [1.29, 1.82) is 0 Å². The zero-order valence-corrected chi connectivity index (χ0v) is 15.1. The highest BCUT2D eigenvalue weighted by Crippen LogP contribution is 2.64. The molecule has 0 N–H and O–H groups in total. The van der Waals surface area contributed by atoms with Crippen molar-refractivity contribution >= 4 is 11.8 Å². The minimum Gasteiger partial charge on any atom is -0.349 e. The summed E-state index contributed by atoms with van der Waals surface area (Å²) in [7, 11) is 6.99. The molecule has 0 saturated heterocycles. The summed E-state index contributed by atoms with van der Waals surface area (Å²) in [5.74, 6) is -0.787. The molecule has 1 fully saturated rings. The van der Waals surface area contributed by atoms with Gasteiger partial charge in [0.05, 0.1) is 11.8 Å². The molecule has 0 bridgehead atoms. The molecule has 0 heterocycles. The van der Waals surface area contributed by atoms with Crippen LogP contribution in [-0.4, -0.2) is 49.8 Å². The highest BCUT2D eigenvalue weighted by molar-refractivity contribution is 5.98. The molecule has 0 aliphatic heterocycles. The van der Waals surface area contributed by atoms with E-state index in [0.29, 0.717) is 0 Å². The van der Waals surface area contributed by atoms with Gasteiger partial charge in [0.1, 0.15) is 0 Å². The summed E-state index contributed by atoms with van der Waals surface area (Å²) < 4.78 is 0. The lowest BCUT2D eigenvalue weighted by molar-refractivity contribution is -0.135. The molecule has 3 rings (SSSR count). The van der Waals surface area contributed by atoms with Gasteiger partial charge in [-0.3, -0.25) is 9.59 Å². The fraction of sp³-hybridized carbons (Fsp3) is 0.333. The molecule has 2 aromatic carbocycles. The van der Waals surface area contributed by atoms with Gasteiger partial charge in [-0.25, -0.2) is 0 Å². The Hall–Kier alpha value is -2.62. The SMILES string of the molecule is CN(C)C(=O)[C@@H]1[C@H](C(=O)N(C)C)C1(c1ccccc1)c1ccccc1. The fourth-order valence-corrected chi connectivity index (χ4v) is 3.93. The Morgan fingerprint density at radius 2 is 1.00 bits per heavy atom. The van der Waals surface area contributed by atoms with E-state index < -0.39 is 5.41 Å². The summed E-state index contributed by atoms with van der Waals surface area (Å²) in [6.07, 6.45) is 0. The van der Waals surface area contributed by atoms with E-state index in [0.717, 1.165) is 11.1 Å². The first-order valence-electron chi connectivity index (χ1n) is 8.45. The van der Waals surface area contributed by atoms with Crippen LogP contribution in [0.25, 0.3) is 0 Å². The summed E-state index contributed by atoms with van der Waals surface area (Å²) in [5.41, 5.74) is 1.42. The van der Waals surface area contributed by atoms with Crippen LogP contribution in [0.2, 0.25) is 0 Å². The largest absolute Gasteiger partial charge is 0.349 e. The van der Waals surface area contributed by atoms with Gasteiger partial charge in [0.15, 0.2) is 0 Å². The third-order valence-corrected chi connectivity index (χ3v) is 5.12. The Balaban J connectivity index is 2.22. The van der Waals surface area contributed by atoms with Gasteiger partial charge in [-0.15, -0.1) is 0 Å². The van der Waals surface area contributed by atoms with Gasteiger partial charge < -0.3 is 9.80 Å². The third-order valence-electron chi connectivity index (χ3n) is 5.12. The molecule has 25 heavy (non-hydrogen) atoms. The van der Waals surface area contributed by atoms with Gasteiger partial charge in [-0.1, -0.05) is 60.7 Å². The third kappa shape index (κ3) is 2.62. The van der Waals surface area contributed by atoms with E-state index in [9.17, 15) is 9.59 Å². The molecule has 1 saturated carbocycles. The van der Waals surface area contributed by atoms with E-state index in [2.05, 4.69) is 0 Å². The van der Waals surface area contributed by atoms with Crippen molar-refractivity contribution in [3.05, 3.63) is 71.8 Å². The number of nitrogens with zero attached hydrogens (tertiary/aromatic N) is 2. The van der Waals surface area contributed by atoms with Gasteiger partial charge in [-0.2, -0.15) is 0 Å². The second-order valence-corrected chi connectivity index (χ2v) is 7.02. The van der Waals surface area contributed by atoms with Gasteiger partial charge in [0.2, 0.25) is 11.8 Å². The van der Waals surface area contributed by atoms with Crippen LogP contribution in [-0.2, 0) is 15.0 Å². The van der Waals surface area contributed by atoms with Crippen LogP contribution in [0.4, 0.5) is 0 Å². The Bertz CT molecular complexity index is 701. The molecule has 1 aliphatic carbocycles. The highest BCUT2D eigenvalue weighted by Gasteiger charge is 2.73. The van der Waals surface area contributed by atoms with E-state index in [1.165, 1.54) is 0 Å². The zero-order valence-electron chi connectivity index (χ0n) is 15.1. The topological polar surface area (TPSA) is 40.6 Å². The van der Waals surface area contributed by atoms with Crippen molar-refractivity contribution in [1.82, 2.24) is 9.80 Å². The Labute approximate surface area is 149 Å². The minimum absolute atomic E-state index is 0.00657. The summed E-state index contributed by atoms with van der Waals surface area (Å²) in [6, 6.07) is 19.8. The lowest BCUT2D eigenvalue weighted by Gasteiger charge is -2.21. The predicted molar refractivity (Wildman–Crippen MR) is 98.0 cm³/mol. The minimum atomic E-state index is -0.606. The van der Waals surface area contributed by atoms with Crippen LogP contribution in [0.3, 0.4) is 0 Å². The highest BCUT2D eigenvalue weighted by atomic mass is 16.2. The lowest BCUT2D eigenvalue weighted by atomic mass is 9.84. The van der Waals surface area contributed by atoms with Crippen LogP contribution in [0.5, 0.6) is 0 Å². The van der Waals surface area contributed by atoms with Crippen LogP contribution in [0.1, 0.15) is 11.1 Å². The first kappa shape index (κ1) is 17.2. The molecular formula is C21H24N2O2. The van der Waals surface area contributed by atoms with Crippen molar-refractivity contribution in [3.8, 4) is 0 Å². The Morgan fingerprint density at radius 3 is 1.28 bits per heavy atom. The quantitative estimate of drug-likeness (QED) is 0.860. The predicted octanol–water partition coefficient (Wildman–Crippen LogP) is 2.40. The fourth-order valence-electron chi connectivity index (χ4n) is 3.93. The monoisotopic (exact) mass is 336 g/mol. The summed E-state index contributed by atoms with van der Waals surface area (Å²) >= 11 is 0. The van der Waals surface area contributed by atoms with Crippen LogP contribution in [0, 0.1) is 11.8 Å². The number of hydrogen-bond donors (Lipinski definition) is 0.